The van der Waals surface area contributed by atoms with Crippen molar-refractivity contribution in [2.24, 2.45) is 0 Å². The van der Waals surface area contributed by atoms with Gasteiger partial charge in [-0.1, -0.05) is 368 Å². The van der Waals surface area contributed by atoms with Gasteiger partial charge in [-0.15, -0.1) is 0 Å². The van der Waals surface area contributed by atoms with E-state index >= 15 is 0 Å². The lowest BCUT2D eigenvalue weighted by molar-refractivity contribution is 0.793. The number of para-hydroxylation sites is 2. The van der Waals surface area contributed by atoms with Gasteiger partial charge in [0.2, 0.25) is 0 Å². The molecule has 2 atom stereocenters. The lowest BCUT2D eigenvalue weighted by Gasteiger charge is -2.33. The predicted molar refractivity (Wildman–Crippen MR) is 512 cm³/mol. The van der Waals surface area contributed by atoms with Gasteiger partial charge >= 0.3 is 0 Å². The fourth-order valence-corrected chi connectivity index (χ4v) is 24.2. The molecule has 0 amide bonds. The van der Waals surface area contributed by atoms with Crippen molar-refractivity contribution in [3.05, 3.63) is 542 Å². The van der Waals surface area contributed by atoms with Crippen molar-refractivity contribution < 1.29 is 0 Å². The van der Waals surface area contributed by atoms with Crippen molar-refractivity contribution >= 4 is 65.9 Å². The number of benzene rings is 20. The van der Waals surface area contributed by atoms with Crippen molar-refractivity contribution in [2.75, 3.05) is 10.2 Å². The summed E-state index contributed by atoms with van der Waals surface area (Å²) in [5.41, 5.74) is 47.2. The van der Waals surface area contributed by atoms with E-state index in [9.17, 15) is 0 Å². The number of nitrogens with zero attached hydrogens (tertiary/aromatic N) is 1. The van der Waals surface area contributed by atoms with Gasteiger partial charge < -0.3 is 10.2 Å². The molecule has 3 heteroatoms. The summed E-state index contributed by atoms with van der Waals surface area (Å²) in [7, 11) is 0. The first-order chi connectivity index (χ1) is 60.9. The third-order valence-electron chi connectivity index (χ3n) is 28.4. The molecular formula is C120H75BrN2. The normalized spacial score (nSPS) is 15.9. The van der Waals surface area contributed by atoms with Crippen LogP contribution in [0.25, 0.3) is 111 Å². The first-order valence-electron chi connectivity index (χ1n) is 42.9. The summed E-state index contributed by atoms with van der Waals surface area (Å²) in [6, 6.07) is 167. The van der Waals surface area contributed by atoms with Gasteiger partial charge in [0.15, 0.2) is 0 Å². The van der Waals surface area contributed by atoms with Crippen molar-refractivity contribution in [1.82, 2.24) is 0 Å². The van der Waals surface area contributed by atoms with Crippen LogP contribution in [0.15, 0.2) is 453 Å². The van der Waals surface area contributed by atoms with Gasteiger partial charge in [-0.3, -0.25) is 0 Å². The molecule has 20 aromatic rings. The van der Waals surface area contributed by atoms with E-state index in [-0.39, 0.29) is 10.8 Å². The van der Waals surface area contributed by atoms with Gasteiger partial charge in [0, 0.05) is 32.9 Å². The van der Waals surface area contributed by atoms with E-state index < -0.39 is 10.8 Å². The lowest BCUT2D eigenvalue weighted by Crippen LogP contribution is -2.26. The van der Waals surface area contributed by atoms with E-state index in [1.165, 1.54) is 200 Å². The van der Waals surface area contributed by atoms with Crippen molar-refractivity contribution in [3.63, 3.8) is 0 Å². The Labute approximate surface area is 723 Å². The fraction of sp³-hybridized carbons (Fsp3) is 0.0333. The van der Waals surface area contributed by atoms with Crippen LogP contribution in [0.3, 0.4) is 0 Å². The Morgan fingerprint density at radius 2 is 0.390 bits per heavy atom. The maximum absolute atomic E-state index is 3.76. The molecule has 0 heterocycles. The maximum Gasteiger partial charge on any atom is 0.0726 e. The average molecular weight is 1620 g/mol. The van der Waals surface area contributed by atoms with Crippen LogP contribution in [-0.2, 0) is 21.7 Å². The maximum atomic E-state index is 3.76. The minimum absolute atomic E-state index is 0.272. The van der Waals surface area contributed by atoms with Crippen LogP contribution >= 0.6 is 15.9 Å². The summed E-state index contributed by atoms with van der Waals surface area (Å²) >= 11 is 3.76. The quantitative estimate of drug-likeness (QED) is 0.185. The highest BCUT2D eigenvalue weighted by atomic mass is 79.9. The van der Waals surface area contributed by atoms with Gasteiger partial charge in [-0.2, -0.15) is 0 Å². The molecule has 2 nitrogen and oxygen atoms in total. The van der Waals surface area contributed by atoms with Crippen molar-refractivity contribution in [3.8, 4) is 89.0 Å². The molecule has 20 aromatic carbocycles. The Kier molecular flexibility index (Phi) is 15.1. The van der Waals surface area contributed by atoms with E-state index in [0.29, 0.717) is 0 Å². The van der Waals surface area contributed by atoms with Gasteiger partial charge in [0.05, 0.1) is 21.7 Å². The van der Waals surface area contributed by atoms with Crippen LogP contribution in [0.2, 0.25) is 0 Å². The first kappa shape index (κ1) is 69.9. The van der Waals surface area contributed by atoms with Crippen molar-refractivity contribution in [2.45, 2.75) is 21.7 Å². The molecule has 0 saturated carbocycles. The predicted octanol–water partition coefficient (Wildman–Crippen LogP) is 30.7. The van der Waals surface area contributed by atoms with Crippen LogP contribution in [-0.4, -0.2) is 0 Å². The van der Waals surface area contributed by atoms with Crippen LogP contribution in [0, 0.1) is 0 Å². The van der Waals surface area contributed by atoms with E-state index in [1.54, 1.807) is 0 Å². The Bertz CT molecular complexity index is 7780. The summed E-state index contributed by atoms with van der Waals surface area (Å²) < 4.78 is 1.13. The highest BCUT2D eigenvalue weighted by molar-refractivity contribution is 9.10. The zero-order valence-electron chi connectivity index (χ0n) is 67.0. The molecule has 8 aliphatic rings. The molecular weight excluding hydrogens is 1550 g/mol. The molecule has 0 fully saturated rings. The molecule has 0 radical (unpaired) electrons. The Balaban J connectivity index is 0.000000110. The minimum Gasteiger partial charge on any atom is -0.356 e. The van der Waals surface area contributed by atoms with Crippen LogP contribution in [0.1, 0.15) is 89.0 Å². The zero-order valence-corrected chi connectivity index (χ0v) is 68.6. The third kappa shape index (κ3) is 9.47. The standard InChI is InChI=1S/C60H37N.C31H21N.C29H17Br/c1-2-18-40(19-3-1)61(41-30-32-48-45-22-8-13-27-53(45)59(57(48)36-41)51-25-11-6-20-43(51)44-21-7-12-26-52(44)59)42-31-33-49-46-23-9-14-28-54(46)60(58(49)37-42)55-29-15-10-24-47(55)50-34-38-16-4-5-17-39(38)35-56(50)60;1-2-10-21(11-3-1)32-22-18-19-26-25-14-6-9-17-29(25)31(30(26)20-22)27-15-7-4-12-23(27)24-13-5-8-16-28(24)31;30-20-13-14-23-21-9-3-5-11-25(21)29(28(23)17-20)26-12-6-4-10-22(26)24-15-18-7-1-2-8-19(18)16-27(24)29/h1-37H;1-20,32H;1-17H. The molecule has 4 spiro atoms. The van der Waals surface area contributed by atoms with Crippen LogP contribution in [0.4, 0.5) is 28.4 Å². The van der Waals surface area contributed by atoms with Crippen LogP contribution < -0.4 is 10.2 Å². The number of halogens is 1. The number of fused-ring (bicyclic) bond motifs is 42. The monoisotopic (exact) mass is 1620 g/mol. The topological polar surface area (TPSA) is 15.3 Å². The summed E-state index contributed by atoms with van der Waals surface area (Å²) in [5.74, 6) is 0. The number of hydrogen-bond donors (Lipinski definition) is 1. The van der Waals surface area contributed by atoms with Gasteiger partial charge in [-0.25, -0.2) is 0 Å². The molecule has 0 bridgehead atoms. The SMILES string of the molecule is Brc1ccc2c(c1)C1(c3ccccc3-2)c2ccccc2-c2cc3ccccc3cc21.c1ccc(N(c2ccc3c(c2)C2(c4ccccc4-c4ccccc42)c2ccccc2-3)c2ccc3c(c2)C2(c4ccccc4-3)c3ccccc3-c3cc4ccccc4cc32)cc1.c1ccc(Nc2ccc3c(c2)C2(c4ccccc4-c4ccccc42)c2ccccc2-3)cc1. The molecule has 123 heavy (non-hydrogen) atoms. The van der Waals surface area contributed by atoms with E-state index in [2.05, 4.69) is 469 Å². The molecule has 2 unspecified atom stereocenters. The zero-order chi connectivity index (χ0) is 80.9. The molecule has 0 saturated heterocycles. The van der Waals surface area contributed by atoms with E-state index in [4.69, 9.17) is 0 Å². The molecule has 8 aliphatic carbocycles. The number of hydrogen-bond acceptors (Lipinski definition) is 2. The fourth-order valence-electron chi connectivity index (χ4n) is 23.9. The number of rotatable bonds is 5. The average Bonchev–Trinajstić information content (AvgIpc) is 1.48. The second-order valence-corrected chi connectivity index (χ2v) is 34.9. The smallest absolute Gasteiger partial charge is 0.0726 e. The highest BCUT2D eigenvalue weighted by Gasteiger charge is 2.57. The summed E-state index contributed by atoms with van der Waals surface area (Å²) in [6.07, 6.45) is 0. The second kappa shape index (κ2) is 26.5. The molecule has 572 valence electrons. The van der Waals surface area contributed by atoms with Crippen LogP contribution in [0.5, 0.6) is 0 Å². The highest BCUT2D eigenvalue weighted by Crippen LogP contribution is 2.69. The number of nitrogens with one attached hydrogen (secondary N) is 1. The summed E-state index contributed by atoms with van der Waals surface area (Å²) in [6.45, 7) is 0. The molecule has 0 aliphatic heterocycles. The van der Waals surface area contributed by atoms with Gasteiger partial charge in [0.25, 0.3) is 0 Å². The van der Waals surface area contributed by atoms with E-state index in [1.807, 2.05) is 6.07 Å². The molecule has 1 N–H and O–H groups in total. The molecule has 0 aromatic heterocycles. The summed E-state index contributed by atoms with van der Waals surface area (Å²) in [5, 5.41) is 8.74. The second-order valence-electron chi connectivity index (χ2n) is 34.0. The number of anilines is 5. The van der Waals surface area contributed by atoms with Crippen molar-refractivity contribution in [1.29, 1.82) is 0 Å². The first-order valence-corrected chi connectivity index (χ1v) is 43.7. The summed E-state index contributed by atoms with van der Waals surface area (Å²) in [4.78, 5) is 2.49. The Hall–Kier alpha value is -15.0. The lowest BCUT2D eigenvalue weighted by atomic mass is 9.70. The molecule has 28 rings (SSSR count). The van der Waals surface area contributed by atoms with Gasteiger partial charge in [-0.05, 0) is 297 Å². The third-order valence-corrected chi connectivity index (χ3v) is 28.9. The minimum atomic E-state index is -0.471. The Morgan fingerprint density at radius 1 is 0.154 bits per heavy atom. The Morgan fingerprint density at radius 3 is 0.732 bits per heavy atom. The van der Waals surface area contributed by atoms with Gasteiger partial charge in [0.1, 0.15) is 0 Å². The largest absolute Gasteiger partial charge is 0.356 e. The van der Waals surface area contributed by atoms with E-state index in [0.717, 1.165) is 32.9 Å².